The van der Waals surface area contributed by atoms with Gasteiger partial charge < -0.3 is 10.4 Å². The summed E-state index contributed by atoms with van der Waals surface area (Å²) in [4.78, 5) is 16.5. The number of hydrogen-bond donors (Lipinski definition) is 2. The smallest absolute Gasteiger partial charge is 0.230 e. The maximum atomic E-state index is 11.5. The summed E-state index contributed by atoms with van der Waals surface area (Å²) in [7, 11) is 0. The van der Waals surface area contributed by atoms with E-state index in [0.717, 1.165) is 4.90 Å². The van der Waals surface area contributed by atoms with E-state index in [2.05, 4.69) is 10.3 Å². The second-order valence-electron chi connectivity index (χ2n) is 4.42. The van der Waals surface area contributed by atoms with Crippen LogP contribution in [0.1, 0.15) is 20.3 Å². The quantitative estimate of drug-likeness (QED) is 0.739. The largest absolute Gasteiger partial charge is 0.393 e. The maximum Gasteiger partial charge on any atom is 0.230 e. The van der Waals surface area contributed by atoms with Gasteiger partial charge in [0.05, 0.1) is 11.9 Å². The van der Waals surface area contributed by atoms with Crippen LogP contribution in [0.15, 0.2) is 29.4 Å². The highest BCUT2D eigenvalue weighted by Gasteiger charge is 2.09. The number of aromatic nitrogens is 1. The predicted molar refractivity (Wildman–Crippen MR) is 73.4 cm³/mol. The van der Waals surface area contributed by atoms with E-state index in [4.69, 9.17) is 0 Å². The van der Waals surface area contributed by atoms with Gasteiger partial charge in [-0.25, -0.2) is 0 Å². The van der Waals surface area contributed by atoms with Crippen molar-refractivity contribution >= 4 is 17.7 Å². The van der Waals surface area contributed by atoms with Crippen molar-refractivity contribution in [2.75, 3.05) is 12.3 Å². The molecule has 1 heterocycles. The van der Waals surface area contributed by atoms with Gasteiger partial charge in [-0.3, -0.25) is 9.78 Å². The van der Waals surface area contributed by atoms with E-state index in [-0.39, 0.29) is 17.9 Å². The number of rotatable bonds is 7. The van der Waals surface area contributed by atoms with Gasteiger partial charge in [-0.2, -0.15) is 0 Å². The van der Waals surface area contributed by atoms with E-state index in [1.54, 1.807) is 12.4 Å². The van der Waals surface area contributed by atoms with Crippen LogP contribution in [0.5, 0.6) is 0 Å². The third kappa shape index (κ3) is 6.02. The van der Waals surface area contributed by atoms with Crippen molar-refractivity contribution < 1.29 is 9.90 Å². The fraction of sp³-hybridized carbons (Fsp3) is 0.538. The summed E-state index contributed by atoms with van der Waals surface area (Å²) >= 11 is 1.48. The fourth-order valence-corrected chi connectivity index (χ4v) is 2.04. The summed E-state index contributed by atoms with van der Waals surface area (Å²) in [6.45, 7) is 4.45. The molecular formula is C13H20N2O2S. The van der Waals surface area contributed by atoms with Crippen LogP contribution in [-0.4, -0.2) is 34.4 Å². The average Bonchev–Trinajstić information content (AvgIpc) is 2.37. The molecule has 4 nitrogen and oxygen atoms in total. The van der Waals surface area contributed by atoms with E-state index in [1.165, 1.54) is 11.8 Å². The molecule has 1 atom stereocenters. The maximum absolute atomic E-state index is 11.5. The van der Waals surface area contributed by atoms with Gasteiger partial charge in [0.2, 0.25) is 5.91 Å². The Labute approximate surface area is 112 Å². The highest BCUT2D eigenvalue weighted by molar-refractivity contribution is 8.00. The molecule has 0 radical (unpaired) electrons. The molecule has 5 heteroatoms. The van der Waals surface area contributed by atoms with Gasteiger partial charge in [0.15, 0.2) is 0 Å². The van der Waals surface area contributed by atoms with Crippen LogP contribution >= 0.6 is 11.8 Å². The Kier molecular flexibility index (Phi) is 6.75. The van der Waals surface area contributed by atoms with Crippen molar-refractivity contribution in [3.8, 4) is 0 Å². The molecule has 0 fully saturated rings. The number of pyridine rings is 1. The number of carbonyl (C=O) groups excluding carboxylic acids is 1. The Hall–Kier alpha value is -1.07. The van der Waals surface area contributed by atoms with E-state index >= 15 is 0 Å². The average molecular weight is 268 g/mol. The molecule has 18 heavy (non-hydrogen) atoms. The third-order valence-corrected chi connectivity index (χ3v) is 3.56. The lowest BCUT2D eigenvalue weighted by atomic mass is 10.0. The van der Waals surface area contributed by atoms with E-state index in [9.17, 15) is 9.90 Å². The zero-order valence-corrected chi connectivity index (χ0v) is 11.6. The molecule has 1 aromatic rings. The lowest BCUT2D eigenvalue weighted by molar-refractivity contribution is -0.118. The van der Waals surface area contributed by atoms with Crippen LogP contribution < -0.4 is 5.32 Å². The number of thioether (sulfide) groups is 1. The topological polar surface area (TPSA) is 62.2 Å². The molecular weight excluding hydrogens is 248 g/mol. The molecule has 1 unspecified atom stereocenters. The van der Waals surface area contributed by atoms with Crippen molar-refractivity contribution in [1.82, 2.24) is 10.3 Å². The van der Waals surface area contributed by atoms with E-state index in [0.29, 0.717) is 18.7 Å². The van der Waals surface area contributed by atoms with Crippen LogP contribution in [0.3, 0.4) is 0 Å². The SMILES string of the molecule is CC(C)C(O)CCNC(=O)CSc1ccncc1. The van der Waals surface area contributed by atoms with Gasteiger partial charge in [-0.15, -0.1) is 11.8 Å². The van der Waals surface area contributed by atoms with Crippen molar-refractivity contribution in [3.05, 3.63) is 24.5 Å². The van der Waals surface area contributed by atoms with Crippen molar-refractivity contribution in [2.24, 2.45) is 5.92 Å². The highest BCUT2D eigenvalue weighted by Crippen LogP contribution is 2.15. The van der Waals surface area contributed by atoms with E-state index < -0.39 is 0 Å². The number of amides is 1. The Morgan fingerprint density at radius 1 is 1.44 bits per heavy atom. The van der Waals surface area contributed by atoms with Crippen LogP contribution in [0.4, 0.5) is 0 Å². The molecule has 0 saturated heterocycles. The molecule has 0 saturated carbocycles. The minimum absolute atomic E-state index is 0.00670. The number of hydrogen-bond acceptors (Lipinski definition) is 4. The first kappa shape index (κ1) is 15.0. The molecule has 1 amide bonds. The summed E-state index contributed by atoms with van der Waals surface area (Å²) in [6.07, 6.45) is 3.67. The lowest BCUT2D eigenvalue weighted by Gasteiger charge is -2.14. The van der Waals surface area contributed by atoms with Gasteiger partial charge in [0, 0.05) is 23.8 Å². The second-order valence-corrected chi connectivity index (χ2v) is 5.47. The molecule has 0 bridgehead atoms. The van der Waals surface area contributed by atoms with Gasteiger partial charge in [-0.1, -0.05) is 13.8 Å². The van der Waals surface area contributed by atoms with Gasteiger partial charge >= 0.3 is 0 Å². The van der Waals surface area contributed by atoms with Crippen LogP contribution in [0.2, 0.25) is 0 Å². The normalized spacial score (nSPS) is 12.4. The molecule has 0 aliphatic rings. The summed E-state index contributed by atoms with van der Waals surface area (Å²) < 4.78 is 0. The number of carbonyl (C=O) groups is 1. The molecule has 2 N–H and O–H groups in total. The van der Waals surface area contributed by atoms with Crippen LogP contribution in [-0.2, 0) is 4.79 Å². The van der Waals surface area contributed by atoms with Crippen LogP contribution in [0, 0.1) is 5.92 Å². The van der Waals surface area contributed by atoms with Crippen LogP contribution in [0.25, 0.3) is 0 Å². The first-order chi connectivity index (χ1) is 8.59. The fourth-order valence-electron chi connectivity index (χ4n) is 1.33. The van der Waals surface area contributed by atoms with Gasteiger partial charge in [0.25, 0.3) is 0 Å². The van der Waals surface area contributed by atoms with E-state index in [1.807, 2.05) is 26.0 Å². The Bertz CT molecular complexity index is 357. The lowest BCUT2D eigenvalue weighted by Crippen LogP contribution is -2.29. The molecule has 0 aromatic carbocycles. The monoisotopic (exact) mass is 268 g/mol. The number of nitrogens with zero attached hydrogens (tertiary/aromatic N) is 1. The standard InChI is InChI=1S/C13H20N2O2S/c1-10(2)12(16)5-8-15-13(17)9-18-11-3-6-14-7-4-11/h3-4,6-7,10,12,16H,5,8-9H2,1-2H3,(H,15,17). The summed E-state index contributed by atoms with van der Waals surface area (Å²) in [5.41, 5.74) is 0. The van der Waals surface area contributed by atoms with Crippen molar-refractivity contribution in [2.45, 2.75) is 31.3 Å². The molecule has 100 valence electrons. The number of nitrogens with one attached hydrogen (secondary N) is 1. The number of aliphatic hydroxyl groups excluding tert-OH is 1. The molecule has 0 spiro atoms. The first-order valence-electron chi connectivity index (χ1n) is 6.07. The summed E-state index contributed by atoms with van der Waals surface area (Å²) in [5.74, 6) is 0.614. The Morgan fingerprint density at radius 3 is 2.72 bits per heavy atom. The highest BCUT2D eigenvalue weighted by atomic mass is 32.2. The minimum Gasteiger partial charge on any atom is -0.393 e. The first-order valence-corrected chi connectivity index (χ1v) is 7.05. The Balaban J connectivity index is 2.15. The molecule has 0 aliphatic carbocycles. The van der Waals surface area contributed by atoms with Crippen molar-refractivity contribution in [1.29, 1.82) is 0 Å². The van der Waals surface area contributed by atoms with Crippen molar-refractivity contribution in [3.63, 3.8) is 0 Å². The minimum atomic E-state index is -0.349. The summed E-state index contributed by atoms with van der Waals surface area (Å²) in [6, 6.07) is 3.75. The third-order valence-electron chi connectivity index (χ3n) is 2.55. The summed E-state index contributed by atoms with van der Waals surface area (Å²) in [5, 5.41) is 12.4. The predicted octanol–water partition coefficient (Wildman–Crippen LogP) is 1.70. The molecule has 1 rings (SSSR count). The number of aliphatic hydroxyl groups is 1. The zero-order valence-electron chi connectivity index (χ0n) is 10.8. The zero-order chi connectivity index (χ0) is 13.4. The van der Waals surface area contributed by atoms with Gasteiger partial charge in [0.1, 0.15) is 0 Å². The molecule has 0 aliphatic heterocycles. The second kappa shape index (κ2) is 8.11. The molecule has 1 aromatic heterocycles. The van der Waals surface area contributed by atoms with Gasteiger partial charge in [-0.05, 0) is 24.5 Å². The Morgan fingerprint density at radius 2 is 2.11 bits per heavy atom.